The van der Waals surface area contributed by atoms with Crippen LogP contribution in [0.1, 0.15) is 23.2 Å². The Morgan fingerprint density at radius 2 is 2.27 bits per heavy atom. The maximum Gasteiger partial charge on any atom is 0.169 e. The highest BCUT2D eigenvalue weighted by Crippen LogP contribution is 2.33. The molecule has 1 saturated carbocycles. The average Bonchev–Trinajstić information content (AvgIpc) is 3.00. The summed E-state index contributed by atoms with van der Waals surface area (Å²) in [6.07, 6.45) is 2.93. The highest BCUT2D eigenvalue weighted by Gasteiger charge is 2.23. The van der Waals surface area contributed by atoms with Crippen LogP contribution < -0.4 is 4.74 Å². The van der Waals surface area contributed by atoms with Crippen LogP contribution in [0.15, 0.2) is 16.6 Å². The van der Waals surface area contributed by atoms with Gasteiger partial charge in [-0.05, 0) is 46.8 Å². The SMILES string of the molecule is O=Cc1cc(F)c(OCC2CC2)c(Br)c1. The Hall–Kier alpha value is -0.900. The van der Waals surface area contributed by atoms with Gasteiger partial charge in [-0.3, -0.25) is 4.79 Å². The van der Waals surface area contributed by atoms with Gasteiger partial charge in [0.15, 0.2) is 11.6 Å². The number of halogens is 2. The molecule has 0 spiro atoms. The van der Waals surface area contributed by atoms with Crippen molar-refractivity contribution in [2.45, 2.75) is 12.8 Å². The van der Waals surface area contributed by atoms with Crippen molar-refractivity contribution in [3.8, 4) is 5.75 Å². The second-order valence-corrected chi connectivity index (χ2v) is 4.54. The number of hydrogen-bond donors (Lipinski definition) is 0. The van der Waals surface area contributed by atoms with Crippen molar-refractivity contribution in [3.05, 3.63) is 28.0 Å². The lowest BCUT2D eigenvalue weighted by Crippen LogP contribution is -2.02. The average molecular weight is 273 g/mol. The number of ether oxygens (including phenoxy) is 1. The summed E-state index contributed by atoms with van der Waals surface area (Å²) in [7, 11) is 0. The normalized spacial score (nSPS) is 15.1. The van der Waals surface area contributed by atoms with Gasteiger partial charge < -0.3 is 4.74 Å². The summed E-state index contributed by atoms with van der Waals surface area (Å²) in [5.74, 6) is 0.279. The summed E-state index contributed by atoms with van der Waals surface area (Å²) in [6, 6.07) is 2.73. The minimum Gasteiger partial charge on any atom is -0.489 e. The first-order chi connectivity index (χ1) is 7.20. The van der Waals surface area contributed by atoms with Crippen LogP contribution in [0, 0.1) is 11.7 Å². The molecule has 0 radical (unpaired) electrons. The maximum atomic E-state index is 13.5. The number of benzene rings is 1. The third-order valence-corrected chi connectivity index (χ3v) is 2.91. The van der Waals surface area contributed by atoms with E-state index in [2.05, 4.69) is 15.9 Å². The van der Waals surface area contributed by atoms with Gasteiger partial charge in [-0.25, -0.2) is 4.39 Å². The maximum absolute atomic E-state index is 13.5. The molecule has 0 aromatic heterocycles. The van der Waals surface area contributed by atoms with E-state index in [0.29, 0.717) is 28.8 Å². The molecule has 0 bridgehead atoms. The summed E-state index contributed by atoms with van der Waals surface area (Å²) < 4.78 is 19.3. The van der Waals surface area contributed by atoms with Gasteiger partial charge in [0.1, 0.15) is 6.29 Å². The Bertz CT molecular complexity index is 365. The van der Waals surface area contributed by atoms with Crippen molar-refractivity contribution in [2.75, 3.05) is 6.61 Å². The Morgan fingerprint density at radius 1 is 1.53 bits per heavy atom. The molecule has 1 fully saturated rings. The van der Waals surface area contributed by atoms with Crippen molar-refractivity contribution >= 4 is 22.2 Å². The first kappa shape index (κ1) is 10.6. The lowest BCUT2D eigenvalue weighted by atomic mass is 10.2. The summed E-state index contributed by atoms with van der Waals surface area (Å²) >= 11 is 3.19. The summed E-state index contributed by atoms with van der Waals surface area (Å²) in [5, 5.41) is 0. The van der Waals surface area contributed by atoms with E-state index in [4.69, 9.17) is 4.74 Å². The van der Waals surface area contributed by atoms with E-state index in [1.165, 1.54) is 6.07 Å². The first-order valence-corrected chi connectivity index (χ1v) is 5.57. The van der Waals surface area contributed by atoms with E-state index in [0.717, 1.165) is 12.8 Å². The van der Waals surface area contributed by atoms with Crippen molar-refractivity contribution in [1.29, 1.82) is 0 Å². The van der Waals surface area contributed by atoms with Crippen LogP contribution in [0.5, 0.6) is 5.75 Å². The predicted octanol–water partition coefficient (Wildman–Crippen LogP) is 3.19. The van der Waals surface area contributed by atoms with Gasteiger partial charge in [-0.1, -0.05) is 0 Å². The van der Waals surface area contributed by atoms with E-state index >= 15 is 0 Å². The van der Waals surface area contributed by atoms with Gasteiger partial charge in [0.25, 0.3) is 0 Å². The third-order valence-electron chi connectivity index (χ3n) is 2.32. The number of rotatable bonds is 4. The highest BCUT2D eigenvalue weighted by atomic mass is 79.9. The number of aldehydes is 1. The highest BCUT2D eigenvalue weighted by molar-refractivity contribution is 9.10. The quantitative estimate of drug-likeness (QED) is 0.787. The van der Waals surface area contributed by atoms with Crippen molar-refractivity contribution in [1.82, 2.24) is 0 Å². The molecule has 2 nitrogen and oxygen atoms in total. The molecule has 4 heteroatoms. The van der Waals surface area contributed by atoms with Gasteiger partial charge in [-0.2, -0.15) is 0 Å². The smallest absolute Gasteiger partial charge is 0.169 e. The lowest BCUT2D eigenvalue weighted by Gasteiger charge is -2.08. The zero-order valence-electron chi connectivity index (χ0n) is 8.00. The molecule has 0 saturated heterocycles. The predicted molar refractivity (Wildman–Crippen MR) is 57.7 cm³/mol. The molecule has 1 aromatic rings. The van der Waals surface area contributed by atoms with Gasteiger partial charge in [0.05, 0.1) is 11.1 Å². The zero-order valence-corrected chi connectivity index (χ0v) is 9.59. The molecule has 1 aromatic carbocycles. The Labute approximate surface area is 95.6 Å². The van der Waals surface area contributed by atoms with E-state index in [1.54, 1.807) is 6.07 Å². The lowest BCUT2D eigenvalue weighted by molar-refractivity contribution is 0.112. The van der Waals surface area contributed by atoms with E-state index in [1.807, 2.05) is 0 Å². The fourth-order valence-electron chi connectivity index (χ4n) is 1.27. The minimum atomic E-state index is -0.493. The van der Waals surface area contributed by atoms with E-state index < -0.39 is 5.82 Å². The molecular weight excluding hydrogens is 263 g/mol. The third kappa shape index (κ3) is 2.56. The van der Waals surface area contributed by atoms with E-state index in [9.17, 15) is 9.18 Å². The summed E-state index contributed by atoms with van der Waals surface area (Å²) in [6.45, 7) is 0.552. The van der Waals surface area contributed by atoms with Gasteiger partial charge >= 0.3 is 0 Å². The molecule has 0 heterocycles. The summed E-state index contributed by atoms with van der Waals surface area (Å²) in [5.41, 5.74) is 0.304. The topological polar surface area (TPSA) is 26.3 Å². The molecule has 15 heavy (non-hydrogen) atoms. The monoisotopic (exact) mass is 272 g/mol. The first-order valence-electron chi connectivity index (χ1n) is 4.77. The fourth-order valence-corrected chi connectivity index (χ4v) is 1.84. The molecule has 80 valence electrons. The molecule has 0 N–H and O–H groups in total. The number of carbonyl (C=O) groups excluding carboxylic acids is 1. The Balaban J connectivity index is 2.17. The zero-order chi connectivity index (χ0) is 10.8. The second kappa shape index (κ2) is 4.31. The molecule has 0 atom stereocenters. The standard InChI is InChI=1S/C11H10BrFO2/c12-9-3-8(5-14)4-10(13)11(9)15-6-7-1-2-7/h3-5,7H,1-2,6H2. The summed E-state index contributed by atoms with van der Waals surface area (Å²) in [4.78, 5) is 10.5. The molecule has 0 amide bonds. The van der Waals surface area contributed by atoms with Crippen LogP contribution >= 0.6 is 15.9 Å². The molecule has 2 rings (SSSR count). The molecule has 0 unspecified atom stereocenters. The number of carbonyl (C=O) groups is 1. The van der Waals surface area contributed by atoms with Gasteiger partial charge in [0, 0.05) is 5.56 Å². The molecule has 1 aliphatic rings. The fraction of sp³-hybridized carbons (Fsp3) is 0.364. The van der Waals surface area contributed by atoms with Crippen LogP contribution in [0.4, 0.5) is 4.39 Å². The van der Waals surface area contributed by atoms with Crippen LogP contribution in [0.3, 0.4) is 0 Å². The van der Waals surface area contributed by atoms with Crippen LogP contribution in [0.25, 0.3) is 0 Å². The van der Waals surface area contributed by atoms with Gasteiger partial charge in [0.2, 0.25) is 0 Å². The van der Waals surface area contributed by atoms with Crippen LogP contribution in [-0.4, -0.2) is 12.9 Å². The van der Waals surface area contributed by atoms with Crippen LogP contribution in [0.2, 0.25) is 0 Å². The molecule has 1 aliphatic carbocycles. The largest absolute Gasteiger partial charge is 0.489 e. The van der Waals surface area contributed by atoms with Crippen LogP contribution in [-0.2, 0) is 0 Å². The number of hydrogen-bond acceptors (Lipinski definition) is 2. The van der Waals surface area contributed by atoms with E-state index in [-0.39, 0.29) is 5.75 Å². The van der Waals surface area contributed by atoms with Crippen molar-refractivity contribution in [3.63, 3.8) is 0 Å². The van der Waals surface area contributed by atoms with Crippen molar-refractivity contribution in [2.24, 2.45) is 5.92 Å². The minimum absolute atomic E-state index is 0.201. The van der Waals surface area contributed by atoms with Crippen molar-refractivity contribution < 1.29 is 13.9 Å². The Kier molecular flexibility index (Phi) is 3.05. The molecular formula is C11H10BrFO2. The Morgan fingerprint density at radius 3 is 2.80 bits per heavy atom. The molecule has 0 aliphatic heterocycles. The second-order valence-electron chi connectivity index (χ2n) is 3.69. The van der Waals surface area contributed by atoms with Gasteiger partial charge in [-0.15, -0.1) is 0 Å².